The molecule has 5 N–H and O–H groups in total. The van der Waals surface area contributed by atoms with Crippen LogP contribution < -0.4 is 21.7 Å². The first-order valence-electron chi connectivity index (χ1n) is 17.1. The van der Waals surface area contributed by atoms with Gasteiger partial charge in [0.25, 0.3) is 15.9 Å². The van der Waals surface area contributed by atoms with E-state index in [4.69, 9.17) is 5.73 Å². The first kappa shape index (κ1) is 40.4. The molecule has 1 aromatic heterocycles. The Morgan fingerprint density at radius 3 is 2.10 bits per heavy atom. The number of hydrogen-bond acceptors (Lipinski definition) is 8. The van der Waals surface area contributed by atoms with Crippen LogP contribution in [0.1, 0.15) is 87.5 Å². The molecule has 5 amide bonds. The van der Waals surface area contributed by atoms with Gasteiger partial charge in [-0.15, -0.1) is 11.3 Å². The van der Waals surface area contributed by atoms with E-state index in [1.165, 1.54) is 22.3 Å². The summed E-state index contributed by atoms with van der Waals surface area (Å²) >= 11 is 1.11. The number of sulfonamides is 1. The summed E-state index contributed by atoms with van der Waals surface area (Å²) in [4.78, 5) is 68.0. The van der Waals surface area contributed by atoms with Gasteiger partial charge >= 0.3 is 6.03 Å². The fraction of sp³-hybridized carbons (Fsp3) is 0.735. The van der Waals surface area contributed by atoms with Crippen LogP contribution in [0, 0.1) is 28.6 Å². The predicted molar refractivity (Wildman–Crippen MR) is 189 cm³/mol. The minimum absolute atomic E-state index is 0.0121. The lowest BCUT2D eigenvalue weighted by Gasteiger charge is -2.38. The molecule has 0 aromatic carbocycles. The Morgan fingerprint density at radius 1 is 1.00 bits per heavy atom. The van der Waals surface area contributed by atoms with Crippen LogP contribution in [0.15, 0.2) is 21.7 Å². The average molecular weight is 725 g/mol. The molecule has 276 valence electrons. The largest absolute Gasteiger partial charge is 0.363 e. The van der Waals surface area contributed by atoms with Crippen molar-refractivity contribution in [3.8, 4) is 0 Å². The molecule has 1 aromatic rings. The number of urea groups is 1. The van der Waals surface area contributed by atoms with E-state index in [9.17, 15) is 32.4 Å². The third-order valence-corrected chi connectivity index (χ3v) is 13.1. The van der Waals surface area contributed by atoms with Crippen molar-refractivity contribution in [2.75, 3.05) is 20.1 Å². The summed E-state index contributed by atoms with van der Waals surface area (Å²) in [6.07, 6.45) is 3.68. The molecule has 5 atom stereocenters. The zero-order valence-corrected chi connectivity index (χ0v) is 32.0. The number of hydrogen-bond donors (Lipinski definition) is 4. The number of likely N-dealkylation sites (N-methyl/N-ethyl adjacent to an activating group) is 1. The maximum Gasteiger partial charge on any atom is 0.315 e. The van der Waals surface area contributed by atoms with Crippen molar-refractivity contribution in [1.29, 1.82) is 0 Å². The van der Waals surface area contributed by atoms with Crippen molar-refractivity contribution >= 4 is 50.9 Å². The molecular formula is C34H56N6O7S2. The Morgan fingerprint density at radius 2 is 1.63 bits per heavy atom. The molecule has 13 nitrogen and oxygen atoms in total. The van der Waals surface area contributed by atoms with Gasteiger partial charge in [0.15, 0.2) is 0 Å². The molecule has 2 fully saturated rings. The first-order valence-corrected chi connectivity index (χ1v) is 19.4. The maximum atomic E-state index is 14.4. The van der Waals surface area contributed by atoms with Gasteiger partial charge in [0.2, 0.25) is 17.6 Å². The van der Waals surface area contributed by atoms with Crippen LogP contribution in [-0.2, 0) is 29.2 Å². The number of Topliss-reactive ketones (excluding diaryl/α,β-unsaturated/α-hetero) is 1. The molecule has 1 saturated carbocycles. The molecule has 1 saturated heterocycles. The monoisotopic (exact) mass is 724 g/mol. The topological polar surface area (TPSA) is 188 Å². The van der Waals surface area contributed by atoms with Crippen molar-refractivity contribution in [2.24, 2.45) is 34.3 Å². The van der Waals surface area contributed by atoms with Crippen LogP contribution >= 0.6 is 11.3 Å². The Labute approximate surface area is 295 Å². The third-order valence-electron chi connectivity index (χ3n) is 9.86. The maximum absolute atomic E-state index is 14.4. The van der Waals surface area contributed by atoms with Crippen molar-refractivity contribution < 1.29 is 32.4 Å². The van der Waals surface area contributed by atoms with Crippen molar-refractivity contribution in [3.05, 3.63) is 17.5 Å². The van der Waals surface area contributed by atoms with Gasteiger partial charge < -0.3 is 26.6 Å². The second-order valence-corrected chi connectivity index (χ2v) is 19.3. The molecule has 3 rings (SSSR count). The summed E-state index contributed by atoms with van der Waals surface area (Å²) < 4.78 is 27.7. The van der Waals surface area contributed by atoms with Crippen molar-refractivity contribution in [3.63, 3.8) is 0 Å². The number of nitrogens with zero attached hydrogens (tertiary/aromatic N) is 2. The molecule has 1 aliphatic heterocycles. The second-order valence-electron chi connectivity index (χ2n) is 16.0. The van der Waals surface area contributed by atoms with E-state index in [-0.39, 0.29) is 35.1 Å². The van der Waals surface area contributed by atoms with E-state index in [1.54, 1.807) is 11.4 Å². The summed E-state index contributed by atoms with van der Waals surface area (Å²) in [5, 5.41) is 10.2. The van der Waals surface area contributed by atoms with Gasteiger partial charge in [0.1, 0.15) is 16.3 Å². The van der Waals surface area contributed by atoms with Crippen molar-refractivity contribution in [1.82, 2.24) is 25.2 Å². The number of ketones is 1. The van der Waals surface area contributed by atoms with Gasteiger partial charge in [-0.25, -0.2) is 13.2 Å². The number of thiophene rings is 1. The zero-order valence-electron chi connectivity index (χ0n) is 30.4. The molecule has 1 aliphatic carbocycles. The van der Waals surface area contributed by atoms with Crippen LogP contribution in [0.5, 0.6) is 0 Å². The number of likely N-dealkylation sites (tertiary alicyclic amines) is 1. The highest BCUT2D eigenvalue weighted by molar-refractivity contribution is 7.91. The third kappa shape index (κ3) is 10.0. The van der Waals surface area contributed by atoms with Gasteiger partial charge in [-0.2, -0.15) is 4.31 Å². The van der Waals surface area contributed by atoms with Crippen LogP contribution in [0.2, 0.25) is 0 Å². The van der Waals surface area contributed by atoms with Gasteiger partial charge in [0, 0.05) is 26.2 Å². The molecule has 2 unspecified atom stereocenters. The Kier molecular flexibility index (Phi) is 13.1. The number of amides is 5. The van der Waals surface area contributed by atoms with Crippen LogP contribution in [0.3, 0.4) is 0 Å². The van der Waals surface area contributed by atoms with E-state index >= 15 is 0 Å². The van der Waals surface area contributed by atoms with Gasteiger partial charge in [-0.05, 0) is 52.9 Å². The highest BCUT2D eigenvalue weighted by atomic mass is 32.2. The minimum atomic E-state index is -3.77. The lowest BCUT2D eigenvalue weighted by Crippen LogP contribution is -2.62. The van der Waals surface area contributed by atoms with Gasteiger partial charge in [-0.3, -0.25) is 19.2 Å². The molecule has 0 radical (unpaired) electrons. The standard InChI is InChI=1S/C34H56N6O7S2/c1-20(2)22-15-16-40(26(22)30(43)36-23(27(41)29(35)42)18-21-12-10-13-21)31(44)28(34(6,7)8)38-32(45)37-24(33(3,4)5)19-39(9)49(46,47)25-14-11-17-48-25/h11,14,17,20-24,26,28H,10,12-13,15-16,18-19H2,1-9H3,(H2,35,42)(H,36,43)(H2,37,38,45)/t22?,23?,24-,26+,28-/m1/s1. The number of rotatable bonds is 14. The number of primary amides is 1. The number of nitrogens with one attached hydrogen (secondary N) is 3. The highest BCUT2D eigenvalue weighted by Gasteiger charge is 2.48. The summed E-state index contributed by atoms with van der Waals surface area (Å²) in [6.45, 7) is 15.3. The smallest absolute Gasteiger partial charge is 0.315 e. The Bertz CT molecular complexity index is 1460. The Balaban J connectivity index is 1.83. The van der Waals surface area contributed by atoms with Gasteiger partial charge in [-0.1, -0.05) is 80.7 Å². The molecule has 2 heterocycles. The summed E-state index contributed by atoms with van der Waals surface area (Å²) in [6, 6.07) is -1.14. The summed E-state index contributed by atoms with van der Waals surface area (Å²) in [5.74, 6) is -2.95. The Hall–Kier alpha value is -3.04. The lowest BCUT2D eigenvalue weighted by molar-refractivity contribution is -0.144. The highest BCUT2D eigenvalue weighted by Crippen LogP contribution is 2.35. The lowest BCUT2D eigenvalue weighted by atomic mass is 9.80. The van der Waals surface area contributed by atoms with E-state index in [2.05, 4.69) is 16.0 Å². The fourth-order valence-electron chi connectivity index (χ4n) is 6.42. The van der Waals surface area contributed by atoms with Gasteiger partial charge in [0.05, 0.1) is 6.04 Å². The van der Waals surface area contributed by atoms with Crippen molar-refractivity contribution in [2.45, 2.75) is 116 Å². The molecule has 2 aliphatic rings. The molecule has 0 bridgehead atoms. The summed E-state index contributed by atoms with van der Waals surface area (Å²) in [5.41, 5.74) is 4.00. The quantitative estimate of drug-likeness (QED) is 0.212. The second kappa shape index (κ2) is 15.9. The fourth-order valence-corrected chi connectivity index (χ4v) is 8.81. The minimum Gasteiger partial charge on any atom is -0.363 e. The van der Waals surface area contributed by atoms with E-state index in [0.29, 0.717) is 12.8 Å². The van der Waals surface area contributed by atoms with Crippen LogP contribution in [-0.4, -0.2) is 91.5 Å². The average Bonchev–Trinajstić information content (AvgIpc) is 3.66. The number of carbonyl (C=O) groups excluding carboxylic acids is 5. The number of nitrogens with two attached hydrogens (primary N) is 1. The summed E-state index contributed by atoms with van der Waals surface area (Å²) in [7, 11) is -2.31. The molecular weight excluding hydrogens is 669 g/mol. The predicted octanol–water partition coefficient (Wildman–Crippen LogP) is 3.10. The normalized spacial score (nSPS) is 20.8. The van der Waals surface area contributed by atoms with Crippen LogP contribution in [0.4, 0.5) is 4.79 Å². The molecule has 49 heavy (non-hydrogen) atoms. The first-order chi connectivity index (χ1) is 22.5. The zero-order chi connectivity index (χ0) is 37.1. The number of carbonyl (C=O) groups is 5. The van der Waals surface area contributed by atoms with E-state index in [1.807, 2.05) is 55.4 Å². The van der Waals surface area contributed by atoms with E-state index < -0.39 is 74.6 Å². The van der Waals surface area contributed by atoms with Crippen LogP contribution in [0.25, 0.3) is 0 Å². The van der Waals surface area contributed by atoms with E-state index in [0.717, 1.165) is 30.6 Å². The molecule has 0 spiro atoms. The SMILES string of the molecule is CC(C)C1CCN(C(=O)[C@@H](NC(=O)N[C@H](CN(C)S(=O)(=O)c2cccs2)C(C)(C)C)C(C)(C)C)[C@@H]1C(=O)NC(CC1CCC1)C(=O)C(N)=O. The molecule has 15 heteroatoms.